The minimum atomic E-state index is -4.44. The molecular weight excluding hydrogens is 900 g/mol. The number of rotatable bonds is 30. The fraction of sp³-hybridized carbons (Fsp3) is 0.660. The van der Waals surface area contributed by atoms with E-state index >= 15 is 0 Å². The Balaban J connectivity index is 1.06. The van der Waals surface area contributed by atoms with Crippen molar-refractivity contribution >= 4 is 43.2 Å². The van der Waals surface area contributed by atoms with Crippen LogP contribution >= 0.6 is 31.0 Å². The van der Waals surface area contributed by atoms with Gasteiger partial charge in [0, 0.05) is 5.02 Å². The molecule has 0 radical (unpaired) electrons. The fourth-order valence-electron chi connectivity index (χ4n) is 9.25. The summed E-state index contributed by atoms with van der Waals surface area (Å²) < 4.78 is 59.7. The number of hydrogen-bond acceptors (Lipinski definition) is 13. The van der Waals surface area contributed by atoms with Gasteiger partial charge in [-0.3, -0.25) is 14.1 Å². The molecule has 6 rings (SSSR count). The van der Waals surface area contributed by atoms with Gasteiger partial charge in [0.05, 0.1) is 54.3 Å². The SMILES string of the molecule is CCCCCCCCCCCCCCCCCCC[C@H](COP(=O)(OC[C@@]1(C)O[C@@H](C2CC=C3C(N)=NC=NN32)C2OC(C)(C)O[C@@H]21)Oc1ccccc1Cl)OCc1cc(Cl)cc(C#N)c1. The van der Waals surface area contributed by atoms with Crippen molar-refractivity contribution in [2.24, 2.45) is 15.8 Å². The van der Waals surface area contributed by atoms with Gasteiger partial charge in [-0.25, -0.2) is 9.56 Å². The maximum atomic E-state index is 14.9. The minimum Gasteiger partial charge on any atom is -0.402 e. The summed E-state index contributed by atoms with van der Waals surface area (Å²) >= 11 is 12.9. The summed E-state index contributed by atoms with van der Waals surface area (Å²) in [7, 11) is -4.44. The number of para-hydroxylation sites is 1. The molecule has 2 saturated heterocycles. The quantitative estimate of drug-likeness (QED) is 0.0586. The van der Waals surface area contributed by atoms with E-state index in [-0.39, 0.29) is 36.6 Å². The molecule has 0 bridgehead atoms. The Morgan fingerprint density at radius 2 is 1.53 bits per heavy atom. The van der Waals surface area contributed by atoms with Gasteiger partial charge >= 0.3 is 7.82 Å². The highest BCUT2D eigenvalue weighted by Gasteiger charge is 2.64. The summed E-state index contributed by atoms with van der Waals surface area (Å²) in [6.07, 6.45) is 24.2. The Bertz CT molecular complexity index is 2050. The zero-order chi connectivity index (χ0) is 47.0. The van der Waals surface area contributed by atoms with Crippen LogP contribution in [-0.2, 0) is 39.2 Å². The summed E-state index contributed by atoms with van der Waals surface area (Å²) in [4.78, 5) is 4.15. The number of ether oxygens (including phenoxy) is 4. The van der Waals surface area contributed by atoms with E-state index in [1.807, 2.05) is 31.9 Å². The van der Waals surface area contributed by atoms with Crippen molar-refractivity contribution in [3.8, 4) is 11.8 Å². The molecule has 2 aromatic carbocycles. The Labute approximate surface area is 403 Å². The van der Waals surface area contributed by atoms with Crippen LogP contribution in [0.2, 0.25) is 10.0 Å². The van der Waals surface area contributed by atoms with Gasteiger partial charge in [0.25, 0.3) is 0 Å². The molecule has 16 heteroatoms. The van der Waals surface area contributed by atoms with Crippen LogP contribution in [0.4, 0.5) is 0 Å². The molecule has 2 aromatic rings. The maximum absolute atomic E-state index is 14.9. The monoisotopic (exact) mass is 971 g/mol. The smallest absolute Gasteiger partial charge is 0.402 e. The van der Waals surface area contributed by atoms with Crippen molar-refractivity contribution in [3.63, 3.8) is 0 Å². The summed E-state index contributed by atoms with van der Waals surface area (Å²) in [5, 5.41) is 16.5. The number of halogens is 2. The van der Waals surface area contributed by atoms with Gasteiger partial charge in [-0.15, -0.1) is 0 Å². The zero-order valence-electron chi connectivity index (χ0n) is 39.5. The first-order chi connectivity index (χ1) is 31.8. The van der Waals surface area contributed by atoms with Gasteiger partial charge in [-0.1, -0.05) is 157 Å². The van der Waals surface area contributed by atoms with Gasteiger partial charge in [-0.05, 0) is 69.5 Å². The Hall–Kier alpha value is -3.02. The number of phosphoric acid groups is 1. The second kappa shape index (κ2) is 25.5. The molecule has 0 spiro atoms. The second-order valence-corrected chi connectivity index (χ2v) is 21.2. The lowest BCUT2D eigenvalue weighted by Crippen LogP contribution is -2.46. The molecule has 66 heavy (non-hydrogen) atoms. The molecule has 2 N–H and O–H groups in total. The lowest BCUT2D eigenvalue weighted by molar-refractivity contribution is -0.216. The number of amidine groups is 1. The van der Waals surface area contributed by atoms with Gasteiger partial charge < -0.3 is 29.2 Å². The number of nitrogens with zero attached hydrogens (tertiary/aromatic N) is 4. The maximum Gasteiger partial charge on any atom is 0.530 e. The molecule has 364 valence electrons. The van der Waals surface area contributed by atoms with Gasteiger partial charge in [0.15, 0.2) is 11.6 Å². The van der Waals surface area contributed by atoms with E-state index in [0.717, 1.165) is 24.8 Å². The summed E-state index contributed by atoms with van der Waals surface area (Å²) in [6.45, 7) is 7.63. The first-order valence-electron chi connectivity index (χ1n) is 24.4. The van der Waals surface area contributed by atoms with Crippen molar-refractivity contribution in [2.75, 3.05) is 13.2 Å². The second-order valence-electron chi connectivity index (χ2n) is 18.8. The van der Waals surface area contributed by atoms with E-state index < -0.39 is 43.6 Å². The topological polar surface area (TPSA) is 159 Å². The third kappa shape index (κ3) is 15.2. The number of hydrogen-bond donors (Lipinski definition) is 1. The molecule has 2 fully saturated rings. The first-order valence-corrected chi connectivity index (χ1v) is 26.6. The molecule has 4 aliphatic heterocycles. The number of fused-ring (bicyclic) bond motifs is 2. The summed E-state index contributed by atoms with van der Waals surface area (Å²) in [5.74, 6) is -0.419. The van der Waals surface area contributed by atoms with Crippen molar-refractivity contribution in [1.29, 1.82) is 5.26 Å². The molecule has 13 nitrogen and oxygen atoms in total. The lowest BCUT2D eigenvalue weighted by Gasteiger charge is -2.35. The van der Waals surface area contributed by atoms with Crippen LogP contribution in [0.25, 0.3) is 0 Å². The summed E-state index contributed by atoms with van der Waals surface area (Å²) in [6, 6.07) is 13.7. The number of nitriles is 1. The largest absolute Gasteiger partial charge is 0.530 e. The van der Waals surface area contributed by atoms with Crippen molar-refractivity contribution in [2.45, 2.75) is 198 Å². The Morgan fingerprint density at radius 1 is 0.879 bits per heavy atom. The van der Waals surface area contributed by atoms with E-state index in [2.05, 4.69) is 23.1 Å². The van der Waals surface area contributed by atoms with E-state index in [1.54, 1.807) is 42.5 Å². The van der Waals surface area contributed by atoms with E-state index in [9.17, 15) is 9.83 Å². The van der Waals surface area contributed by atoms with Crippen LogP contribution in [0.15, 0.2) is 64.3 Å². The average Bonchev–Trinajstić information content (AvgIpc) is 3.95. The molecular formula is C50H72Cl2N5O8P. The van der Waals surface area contributed by atoms with E-state index in [0.29, 0.717) is 35.0 Å². The van der Waals surface area contributed by atoms with Crippen LogP contribution in [0, 0.1) is 11.3 Å². The molecule has 0 aromatic heterocycles. The highest BCUT2D eigenvalue weighted by atomic mass is 35.5. The Morgan fingerprint density at radius 3 is 2.18 bits per heavy atom. The van der Waals surface area contributed by atoms with Crippen molar-refractivity contribution in [3.05, 3.63) is 75.4 Å². The average molecular weight is 973 g/mol. The van der Waals surface area contributed by atoms with Crippen molar-refractivity contribution in [1.82, 2.24) is 5.01 Å². The molecule has 7 atom stereocenters. The lowest BCUT2D eigenvalue weighted by atomic mass is 9.95. The first kappa shape index (κ1) is 52.4. The normalized spacial score (nSPS) is 24.3. The van der Waals surface area contributed by atoms with Crippen LogP contribution in [-0.4, -0.2) is 72.2 Å². The number of phosphoric ester groups is 1. The molecule has 0 aliphatic carbocycles. The molecule has 4 aliphatic rings. The predicted octanol–water partition coefficient (Wildman–Crippen LogP) is 13.0. The molecule has 4 heterocycles. The van der Waals surface area contributed by atoms with Crippen LogP contribution < -0.4 is 10.3 Å². The van der Waals surface area contributed by atoms with Crippen molar-refractivity contribution < 1.29 is 37.1 Å². The van der Waals surface area contributed by atoms with E-state index in [4.69, 9.17) is 61.5 Å². The number of unbranched alkanes of at least 4 members (excludes halogenated alkanes) is 16. The standard InChI is InChI=1S/C50H72Cl2N5O8P/c1-5-6-7-8-9-10-11-12-13-14-15-16-17-18-19-20-21-24-40(59-33-38-29-37(32-53)30-39(51)31-38)34-60-66(58,65-44-26-23-22-25-41(44)52)61-35-50(4)47-46(62-49(2,3)64-47)45(63-50)42-27-28-43-48(54)55-36-56-57(42)43/h22-23,25-26,28-31,36,40,42,45-47H,5-21,24,27,33-35H2,1-4H3,(H2,54,55,56)/t40-,42?,45+,46?,47+,50-,66?/m1/s1. The van der Waals surface area contributed by atoms with Gasteiger partial charge in [0.2, 0.25) is 0 Å². The number of nitrogens with two attached hydrogens (primary N) is 1. The molecule has 0 amide bonds. The highest BCUT2D eigenvalue weighted by molar-refractivity contribution is 7.49. The zero-order valence-corrected chi connectivity index (χ0v) is 41.9. The molecule has 3 unspecified atom stereocenters. The fourth-order valence-corrected chi connectivity index (χ4v) is 11.1. The van der Waals surface area contributed by atoms with Gasteiger partial charge in [0.1, 0.15) is 36.0 Å². The van der Waals surface area contributed by atoms with Gasteiger partial charge in [-0.2, -0.15) is 10.4 Å². The minimum absolute atomic E-state index is 0.113. The van der Waals surface area contributed by atoms with E-state index in [1.165, 1.54) is 96.2 Å². The predicted molar refractivity (Wildman–Crippen MR) is 261 cm³/mol. The molecule has 0 saturated carbocycles. The highest BCUT2D eigenvalue weighted by Crippen LogP contribution is 2.54. The van der Waals surface area contributed by atoms with Crippen LogP contribution in [0.1, 0.15) is 161 Å². The Kier molecular flexibility index (Phi) is 20.3. The van der Waals surface area contributed by atoms with Crippen LogP contribution in [0.5, 0.6) is 5.75 Å². The van der Waals surface area contributed by atoms with Crippen LogP contribution in [0.3, 0.4) is 0 Å². The summed E-state index contributed by atoms with van der Waals surface area (Å²) in [5.41, 5.74) is 6.92. The number of aliphatic imine (C=N–C) groups is 1. The number of hydrazone groups is 1. The third-order valence-corrected chi connectivity index (χ3v) is 14.6. The number of benzene rings is 2. The third-order valence-electron chi connectivity index (χ3n) is 12.8.